The van der Waals surface area contributed by atoms with Crippen LogP contribution in [0.3, 0.4) is 0 Å². The number of amides is 1. The van der Waals surface area contributed by atoms with Crippen LogP contribution < -0.4 is 10.2 Å². The summed E-state index contributed by atoms with van der Waals surface area (Å²) in [7, 11) is 1.99. The molecule has 0 aliphatic carbocycles. The molecule has 1 N–H and O–H groups in total. The summed E-state index contributed by atoms with van der Waals surface area (Å²) in [4.78, 5) is 17.2. The summed E-state index contributed by atoms with van der Waals surface area (Å²) in [5, 5.41) is 7.55. The van der Waals surface area contributed by atoms with Gasteiger partial charge in [0.15, 0.2) is 0 Å². The Bertz CT molecular complexity index is 992. The van der Waals surface area contributed by atoms with E-state index in [0.29, 0.717) is 12.4 Å². The monoisotopic (exact) mass is 403 g/mol. The lowest BCUT2D eigenvalue weighted by Crippen LogP contribution is -2.31. The second-order valence-corrected chi connectivity index (χ2v) is 7.96. The number of aryl methyl sites for hydroxylation is 1. The van der Waals surface area contributed by atoms with Crippen molar-refractivity contribution in [3.63, 3.8) is 0 Å². The Hall–Kier alpha value is -3.12. The van der Waals surface area contributed by atoms with E-state index in [-0.39, 0.29) is 5.91 Å². The average Bonchev–Trinajstić information content (AvgIpc) is 3.39. The minimum Gasteiger partial charge on any atom is -0.371 e. The number of hydrogen-bond acceptors (Lipinski definition) is 4. The van der Waals surface area contributed by atoms with Crippen LogP contribution in [0.4, 0.5) is 11.5 Å². The van der Waals surface area contributed by atoms with Gasteiger partial charge in [0.2, 0.25) is 5.91 Å². The van der Waals surface area contributed by atoms with Gasteiger partial charge in [0.25, 0.3) is 0 Å². The standard InChI is InChI=1S/C24H29N5O/c1-19-16-23(29(26-19)21-11-4-3-5-12-21)25-24(30)18-27(2)17-20-10-6-7-13-22(20)28-14-8-9-15-28/h3-7,10-13,16H,8-9,14-15,17-18H2,1-2H3,(H,25,30). The molecule has 6 nitrogen and oxygen atoms in total. The molecule has 2 heterocycles. The molecule has 1 amide bonds. The fraction of sp³-hybridized carbons (Fsp3) is 0.333. The van der Waals surface area contributed by atoms with Crippen molar-refractivity contribution in [2.24, 2.45) is 0 Å². The zero-order valence-electron chi connectivity index (χ0n) is 17.7. The molecular weight excluding hydrogens is 374 g/mol. The first-order chi connectivity index (χ1) is 14.6. The van der Waals surface area contributed by atoms with E-state index in [0.717, 1.165) is 31.0 Å². The predicted molar refractivity (Wildman–Crippen MR) is 121 cm³/mol. The molecule has 4 rings (SSSR count). The molecule has 0 unspecified atom stereocenters. The molecule has 6 heteroatoms. The van der Waals surface area contributed by atoms with Gasteiger partial charge in [-0.25, -0.2) is 4.68 Å². The number of carbonyl (C=O) groups is 1. The first kappa shape index (κ1) is 20.2. The van der Waals surface area contributed by atoms with Gasteiger partial charge < -0.3 is 10.2 Å². The maximum atomic E-state index is 12.7. The van der Waals surface area contributed by atoms with Gasteiger partial charge in [0.05, 0.1) is 17.9 Å². The van der Waals surface area contributed by atoms with Crippen molar-refractivity contribution >= 4 is 17.4 Å². The molecule has 1 aliphatic rings. The molecule has 3 aromatic rings. The van der Waals surface area contributed by atoms with Crippen LogP contribution in [0.25, 0.3) is 5.69 Å². The van der Waals surface area contributed by atoms with Crippen LogP contribution in [0, 0.1) is 6.92 Å². The number of nitrogens with zero attached hydrogens (tertiary/aromatic N) is 4. The highest BCUT2D eigenvalue weighted by Gasteiger charge is 2.17. The van der Waals surface area contributed by atoms with E-state index >= 15 is 0 Å². The number of rotatable bonds is 7. The van der Waals surface area contributed by atoms with E-state index in [1.807, 2.05) is 50.4 Å². The molecule has 1 aromatic heterocycles. The van der Waals surface area contributed by atoms with Crippen LogP contribution >= 0.6 is 0 Å². The quantitative estimate of drug-likeness (QED) is 0.651. The number of likely N-dealkylation sites (N-methyl/N-ethyl adjacent to an activating group) is 1. The Morgan fingerprint density at radius 2 is 1.77 bits per heavy atom. The van der Waals surface area contributed by atoms with Crippen LogP contribution in [-0.2, 0) is 11.3 Å². The van der Waals surface area contributed by atoms with Crippen molar-refractivity contribution in [1.29, 1.82) is 0 Å². The number of carbonyl (C=O) groups excluding carboxylic acids is 1. The Kier molecular flexibility index (Phi) is 6.14. The van der Waals surface area contributed by atoms with Crippen LogP contribution in [0.1, 0.15) is 24.1 Å². The van der Waals surface area contributed by atoms with E-state index in [4.69, 9.17) is 0 Å². The molecule has 0 saturated carbocycles. The molecule has 30 heavy (non-hydrogen) atoms. The Morgan fingerprint density at radius 1 is 1.07 bits per heavy atom. The van der Waals surface area contributed by atoms with Gasteiger partial charge in [0, 0.05) is 31.4 Å². The van der Waals surface area contributed by atoms with Gasteiger partial charge >= 0.3 is 0 Å². The molecule has 1 aliphatic heterocycles. The summed E-state index contributed by atoms with van der Waals surface area (Å²) in [6.07, 6.45) is 2.50. The second-order valence-electron chi connectivity index (χ2n) is 7.96. The number of anilines is 2. The number of para-hydroxylation sites is 2. The minimum atomic E-state index is -0.0479. The van der Waals surface area contributed by atoms with E-state index in [1.165, 1.54) is 24.1 Å². The van der Waals surface area contributed by atoms with Gasteiger partial charge in [-0.05, 0) is 50.6 Å². The second kappa shape index (κ2) is 9.13. The van der Waals surface area contributed by atoms with E-state index in [2.05, 4.69) is 44.5 Å². The molecule has 0 atom stereocenters. The highest BCUT2D eigenvalue weighted by Crippen LogP contribution is 2.25. The number of aromatic nitrogens is 2. The van der Waals surface area contributed by atoms with Crippen LogP contribution in [0.15, 0.2) is 60.7 Å². The lowest BCUT2D eigenvalue weighted by molar-refractivity contribution is -0.117. The zero-order chi connectivity index (χ0) is 20.9. The summed E-state index contributed by atoms with van der Waals surface area (Å²) in [6.45, 7) is 5.20. The first-order valence-electron chi connectivity index (χ1n) is 10.5. The molecule has 1 saturated heterocycles. The Morgan fingerprint density at radius 3 is 2.53 bits per heavy atom. The van der Waals surface area contributed by atoms with Crippen LogP contribution in [0.5, 0.6) is 0 Å². The molecule has 1 fully saturated rings. The molecule has 0 spiro atoms. The third-order valence-corrected chi connectivity index (χ3v) is 5.39. The Labute approximate surface area is 178 Å². The molecule has 156 valence electrons. The maximum absolute atomic E-state index is 12.7. The minimum absolute atomic E-state index is 0.0479. The normalized spacial score (nSPS) is 13.8. The number of hydrogen-bond donors (Lipinski definition) is 1. The topological polar surface area (TPSA) is 53.4 Å². The fourth-order valence-electron chi connectivity index (χ4n) is 4.04. The van der Waals surface area contributed by atoms with Crippen molar-refractivity contribution in [2.75, 3.05) is 36.9 Å². The predicted octanol–water partition coefficient (Wildman–Crippen LogP) is 3.85. The summed E-state index contributed by atoms with van der Waals surface area (Å²) in [6, 6.07) is 20.3. The third-order valence-electron chi connectivity index (χ3n) is 5.39. The van der Waals surface area contributed by atoms with E-state index < -0.39 is 0 Å². The van der Waals surface area contributed by atoms with Gasteiger partial charge in [-0.2, -0.15) is 5.10 Å². The van der Waals surface area contributed by atoms with Crippen molar-refractivity contribution in [1.82, 2.24) is 14.7 Å². The SMILES string of the molecule is Cc1cc(NC(=O)CN(C)Cc2ccccc2N2CCCC2)n(-c2ccccc2)n1. The van der Waals surface area contributed by atoms with Gasteiger partial charge in [-0.3, -0.25) is 9.69 Å². The van der Waals surface area contributed by atoms with Gasteiger partial charge in [0.1, 0.15) is 5.82 Å². The van der Waals surface area contributed by atoms with Crippen molar-refractivity contribution in [3.05, 3.63) is 71.9 Å². The summed E-state index contributed by atoms with van der Waals surface area (Å²) in [5.41, 5.74) is 4.34. The average molecular weight is 404 g/mol. The zero-order valence-corrected chi connectivity index (χ0v) is 17.7. The summed E-state index contributed by atoms with van der Waals surface area (Å²) in [5.74, 6) is 0.641. The van der Waals surface area contributed by atoms with Crippen molar-refractivity contribution in [2.45, 2.75) is 26.3 Å². The lowest BCUT2D eigenvalue weighted by atomic mass is 10.1. The molecular formula is C24H29N5O. The molecule has 0 bridgehead atoms. The smallest absolute Gasteiger partial charge is 0.239 e. The van der Waals surface area contributed by atoms with Crippen molar-refractivity contribution in [3.8, 4) is 5.69 Å². The van der Waals surface area contributed by atoms with Crippen molar-refractivity contribution < 1.29 is 4.79 Å². The van der Waals surface area contributed by atoms with Crippen LogP contribution in [0.2, 0.25) is 0 Å². The summed E-state index contributed by atoms with van der Waals surface area (Å²) >= 11 is 0. The van der Waals surface area contributed by atoms with Gasteiger partial charge in [-0.15, -0.1) is 0 Å². The lowest BCUT2D eigenvalue weighted by Gasteiger charge is -2.24. The third kappa shape index (κ3) is 4.71. The Balaban J connectivity index is 1.41. The van der Waals surface area contributed by atoms with Crippen LogP contribution in [-0.4, -0.2) is 47.3 Å². The van der Waals surface area contributed by atoms with Gasteiger partial charge in [-0.1, -0.05) is 36.4 Å². The maximum Gasteiger partial charge on any atom is 0.239 e. The highest BCUT2D eigenvalue weighted by molar-refractivity contribution is 5.91. The number of nitrogens with one attached hydrogen (secondary N) is 1. The number of benzene rings is 2. The molecule has 2 aromatic carbocycles. The first-order valence-corrected chi connectivity index (χ1v) is 10.5. The fourth-order valence-corrected chi connectivity index (χ4v) is 4.04. The summed E-state index contributed by atoms with van der Waals surface area (Å²) < 4.78 is 1.77. The molecule has 0 radical (unpaired) electrons. The van der Waals surface area contributed by atoms with E-state index in [1.54, 1.807) is 4.68 Å². The highest BCUT2D eigenvalue weighted by atomic mass is 16.2. The van der Waals surface area contributed by atoms with E-state index in [9.17, 15) is 4.79 Å². The largest absolute Gasteiger partial charge is 0.371 e.